The molecule has 1 aliphatic carbocycles. The molecule has 0 spiro atoms. The molecule has 0 aromatic carbocycles. The molecule has 2 atom stereocenters. The molecule has 2 unspecified atom stereocenters. The molecule has 1 fully saturated rings. The van der Waals surface area contributed by atoms with Crippen molar-refractivity contribution in [2.45, 2.75) is 39.5 Å². The van der Waals surface area contributed by atoms with Gasteiger partial charge >= 0.3 is 0 Å². The second-order valence-electron chi connectivity index (χ2n) is 5.78. The van der Waals surface area contributed by atoms with Crippen LogP contribution in [0.25, 0.3) is 0 Å². The zero-order valence-corrected chi connectivity index (χ0v) is 13.5. The molecule has 0 amide bonds. The summed E-state index contributed by atoms with van der Waals surface area (Å²) in [5.41, 5.74) is 0.766. The van der Waals surface area contributed by atoms with E-state index < -0.39 is 0 Å². The molecule has 1 aromatic heterocycles. The molecule has 0 saturated heterocycles. The Morgan fingerprint density at radius 1 is 1.35 bits per heavy atom. The Morgan fingerprint density at radius 3 is 2.59 bits per heavy atom. The summed E-state index contributed by atoms with van der Waals surface area (Å²) in [6.45, 7) is 11.7. The zero-order chi connectivity index (χ0) is 12.7. The van der Waals surface area contributed by atoms with Gasteiger partial charge in [-0.2, -0.15) is 0 Å². The van der Waals surface area contributed by atoms with Crippen LogP contribution in [0, 0.1) is 11.3 Å². The molecule has 1 saturated carbocycles. The van der Waals surface area contributed by atoms with E-state index in [0.717, 1.165) is 19.0 Å². The number of hydrogen-bond acceptors (Lipinski definition) is 2. The molecule has 17 heavy (non-hydrogen) atoms. The Balaban J connectivity index is 2.10. The van der Waals surface area contributed by atoms with Crippen molar-refractivity contribution >= 4 is 27.3 Å². The minimum atomic E-state index is 0.352. The fourth-order valence-electron chi connectivity index (χ4n) is 3.07. The molecule has 0 radical (unpaired) electrons. The van der Waals surface area contributed by atoms with Crippen molar-refractivity contribution in [3.63, 3.8) is 0 Å². The smallest absolute Gasteiger partial charge is 0.0701 e. The number of thiophene rings is 1. The van der Waals surface area contributed by atoms with Crippen molar-refractivity contribution < 1.29 is 0 Å². The molecular weight excluding hydrogens is 294 g/mol. The average molecular weight is 316 g/mol. The second kappa shape index (κ2) is 4.67. The number of halogens is 1. The maximum atomic E-state index is 3.58. The lowest BCUT2D eigenvalue weighted by molar-refractivity contribution is 0.508. The van der Waals surface area contributed by atoms with Gasteiger partial charge in [-0.25, -0.2) is 0 Å². The summed E-state index contributed by atoms with van der Waals surface area (Å²) >= 11 is 5.47. The van der Waals surface area contributed by atoms with Gasteiger partial charge in [-0.15, -0.1) is 11.3 Å². The predicted molar refractivity (Wildman–Crippen MR) is 79.8 cm³/mol. The zero-order valence-electron chi connectivity index (χ0n) is 11.1. The standard InChI is InChI=1S/C14H22BrNS/c1-5-8-16-9-10-13(2,3)14(10,4)11-6-7-12(15)17-11/h6-7,10,16H,5,8-9H2,1-4H3. The normalized spacial score (nSPS) is 30.5. The first-order valence-corrected chi connectivity index (χ1v) is 8.02. The Labute approximate surface area is 117 Å². The van der Waals surface area contributed by atoms with Crippen LogP contribution in [0.4, 0.5) is 0 Å². The Hall–Kier alpha value is 0.140. The third-order valence-electron chi connectivity index (χ3n) is 4.68. The second-order valence-corrected chi connectivity index (χ2v) is 8.25. The van der Waals surface area contributed by atoms with E-state index in [1.54, 1.807) is 0 Å². The van der Waals surface area contributed by atoms with Crippen molar-refractivity contribution in [2.24, 2.45) is 11.3 Å². The highest BCUT2D eigenvalue weighted by Gasteiger charge is 2.68. The number of rotatable bonds is 5. The molecule has 1 aromatic rings. The molecule has 1 heterocycles. The molecule has 0 bridgehead atoms. The van der Waals surface area contributed by atoms with E-state index in [1.807, 2.05) is 11.3 Å². The molecule has 96 valence electrons. The van der Waals surface area contributed by atoms with E-state index in [0.29, 0.717) is 10.8 Å². The van der Waals surface area contributed by atoms with Crippen LogP contribution < -0.4 is 5.32 Å². The Morgan fingerprint density at radius 2 is 2.06 bits per heavy atom. The van der Waals surface area contributed by atoms with E-state index in [-0.39, 0.29) is 0 Å². The lowest BCUT2D eigenvalue weighted by atomic mass is 9.96. The van der Waals surface area contributed by atoms with E-state index in [4.69, 9.17) is 0 Å². The third-order valence-corrected chi connectivity index (χ3v) is 6.54. The maximum absolute atomic E-state index is 3.58. The summed E-state index contributed by atoms with van der Waals surface area (Å²) in [5, 5.41) is 3.58. The van der Waals surface area contributed by atoms with Gasteiger partial charge in [0, 0.05) is 10.3 Å². The molecule has 1 aliphatic rings. The van der Waals surface area contributed by atoms with Crippen LogP contribution in [0.3, 0.4) is 0 Å². The summed E-state index contributed by atoms with van der Waals surface area (Å²) in [6, 6.07) is 4.46. The molecule has 1 N–H and O–H groups in total. The predicted octanol–water partition coefficient (Wildman–Crippen LogP) is 4.42. The first-order chi connectivity index (χ1) is 7.94. The molecule has 0 aliphatic heterocycles. The Bertz CT molecular complexity index is 399. The average Bonchev–Trinajstić information content (AvgIpc) is 2.64. The van der Waals surface area contributed by atoms with Crippen molar-refractivity contribution in [3.05, 3.63) is 20.8 Å². The van der Waals surface area contributed by atoms with Gasteiger partial charge in [-0.1, -0.05) is 27.7 Å². The van der Waals surface area contributed by atoms with E-state index in [9.17, 15) is 0 Å². The van der Waals surface area contributed by atoms with Crippen LogP contribution in [0.15, 0.2) is 15.9 Å². The van der Waals surface area contributed by atoms with Gasteiger partial charge in [-0.3, -0.25) is 0 Å². The van der Waals surface area contributed by atoms with Crippen LogP contribution in [-0.4, -0.2) is 13.1 Å². The summed E-state index contributed by atoms with van der Waals surface area (Å²) in [7, 11) is 0. The number of nitrogens with one attached hydrogen (secondary N) is 1. The van der Waals surface area contributed by atoms with E-state index in [2.05, 4.69) is 61.1 Å². The van der Waals surface area contributed by atoms with Gasteiger partial charge < -0.3 is 5.32 Å². The van der Waals surface area contributed by atoms with Gasteiger partial charge in [0.15, 0.2) is 0 Å². The van der Waals surface area contributed by atoms with Crippen LogP contribution in [0.5, 0.6) is 0 Å². The van der Waals surface area contributed by atoms with Crippen LogP contribution in [0.1, 0.15) is 39.0 Å². The van der Waals surface area contributed by atoms with Gasteiger partial charge in [0.2, 0.25) is 0 Å². The van der Waals surface area contributed by atoms with E-state index in [1.165, 1.54) is 15.1 Å². The van der Waals surface area contributed by atoms with Crippen LogP contribution in [-0.2, 0) is 5.41 Å². The minimum Gasteiger partial charge on any atom is -0.316 e. The fourth-order valence-corrected chi connectivity index (χ4v) is 4.82. The molecule has 3 heteroatoms. The molecular formula is C14H22BrNS. The number of hydrogen-bond donors (Lipinski definition) is 1. The summed E-state index contributed by atoms with van der Waals surface area (Å²) in [4.78, 5) is 1.53. The third kappa shape index (κ3) is 2.11. The molecule has 2 rings (SSSR count). The van der Waals surface area contributed by atoms with E-state index >= 15 is 0 Å². The highest BCUT2D eigenvalue weighted by Crippen LogP contribution is 2.69. The van der Waals surface area contributed by atoms with Crippen molar-refractivity contribution in [3.8, 4) is 0 Å². The highest BCUT2D eigenvalue weighted by atomic mass is 79.9. The van der Waals surface area contributed by atoms with Gasteiger partial charge in [0.25, 0.3) is 0 Å². The molecule has 1 nitrogen and oxygen atoms in total. The van der Waals surface area contributed by atoms with Crippen molar-refractivity contribution in [1.29, 1.82) is 0 Å². The summed E-state index contributed by atoms with van der Waals surface area (Å²) in [5.74, 6) is 0.757. The highest BCUT2D eigenvalue weighted by molar-refractivity contribution is 9.11. The lowest BCUT2D eigenvalue weighted by Crippen LogP contribution is -2.20. The van der Waals surface area contributed by atoms with Crippen LogP contribution >= 0.6 is 27.3 Å². The lowest BCUT2D eigenvalue weighted by Gasteiger charge is -2.12. The van der Waals surface area contributed by atoms with Crippen molar-refractivity contribution in [2.75, 3.05) is 13.1 Å². The van der Waals surface area contributed by atoms with Gasteiger partial charge in [-0.05, 0) is 58.9 Å². The van der Waals surface area contributed by atoms with Crippen molar-refractivity contribution in [1.82, 2.24) is 5.32 Å². The SMILES string of the molecule is CCCNCC1C(C)(C)C1(C)c1ccc(Br)s1. The Kier molecular flexibility index (Phi) is 3.73. The quantitative estimate of drug-likeness (QED) is 0.793. The largest absolute Gasteiger partial charge is 0.316 e. The maximum Gasteiger partial charge on any atom is 0.0701 e. The fraction of sp³-hybridized carbons (Fsp3) is 0.714. The first-order valence-electron chi connectivity index (χ1n) is 6.41. The topological polar surface area (TPSA) is 12.0 Å². The monoisotopic (exact) mass is 315 g/mol. The summed E-state index contributed by atoms with van der Waals surface area (Å²) in [6.07, 6.45) is 1.22. The van der Waals surface area contributed by atoms with Gasteiger partial charge in [0.05, 0.1) is 3.79 Å². The minimum absolute atomic E-state index is 0.352. The van der Waals surface area contributed by atoms with Gasteiger partial charge in [0.1, 0.15) is 0 Å². The van der Waals surface area contributed by atoms with Crippen LogP contribution in [0.2, 0.25) is 0 Å². The summed E-state index contributed by atoms with van der Waals surface area (Å²) < 4.78 is 1.25. The first kappa shape index (κ1) is 13.6.